The van der Waals surface area contributed by atoms with Gasteiger partial charge in [0.15, 0.2) is 0 Å². The van der Waals surface area contributed by atoms with Gasteiger partial charge in [0.25, 0.3) is 5.56 Å². The summed E-state index contributed by atoms with van der Waals surface area (Å²) in [7, 11) is 0. The summed E-state index contributed by atoms with van der Waals surface area (Å²) in [4.78, 5) is 22.9. The molecule has 0 bridgehead atoms. The molecule has 0 aliphatic heterocycles. The lowest BCUT2D eigenvalue weighted by Crippen LogP contribution is -2.08. The van der Waals surface area contributed by atoms with Gasteiger partial charge in [0.2, 0.25) is 5.91 Å². The van der Waals surface area contributed by atoms with E-state index in [1.807, 2.05) is 6.07 Å². The number of anilines is 1. The third kappa shape index (κ3) is 3.82. The van der Waals surface area contributed by atoms with E-state index in [-0.39, 0.29) is 11.5 Å². The Morgan fingerprint density at radius 2 is 2.09 bits per heavy atom. The predicted molar refractivity (Wildman–Crippen MR) is 86.7 cm³/mol. The molecule has 0 saturated carbocycles. The molecule has 0 aliphatic rings. The van der Waals surface area contributed by atoms with Crippen LogP contribution in [0.5, 0.6) is 0 Å². The van der Waals surface area contributed by atoms with Gasteiger partial charge >= 0.3 is 0 Å². The first-order valence-electron chi connectivity index (χ1n) is 6.89. The minimum Gasteiger partial charge on any atom is -0.465 e. The Labute approximate surface area is 131 Å². The number of amides is 1. The van der Waals surface area contributed by atoms with E-state index in [9.17, 15) is 9.59 Å². The highest BCUT2D eigenvalue weighted by Crippen LogP contribution is 2.19. The number of nitrogens with one attached hydrogen (secondary N) is 2. The second-order valence-electron chi connectivity index (χ2n) is 4.73. The van der Waals surface area contributed by atoms with Crippen molar-refractivity contribution in [1.82, 2.24) is 10.2 Å². The number of hydrogen-bond donors (Lipinski definition) is 2. The van der Waals surface area contributed by atoms with E-state index >= 15 is 0 Å². The standard InChI is InChI=1S/C17H13N3O3/c21-16(8-6-14-5-2-10-23-14)18-13-4-1-3-12(11-13)15-7-9-17(22)20-19-15/h1-11H,(H,18,21)(H,20,22). The van der Waals surface area contributed by atoms with E-state index in [1.165, 1.54) is 18.4 Å². The summed E-state index contributed by atoms with van der Waals surface area (Å²) in [5.74, 6) is 0.333. The Morgan fingerprint density at radius 3 is 2.83 bits per heavy atom. The maximum absolute atomic E-state index is 11.9. The van der Waals surface area contributed by atoms with Gasteiger partial charge in [-0.25, -0.2) is 5.10 Å². The average Bonchev–Trinajstić information content (AvgIpc) is 3.07. The van der Waals surface area contributed by atoms with Crippen LogP contribution in [0.3, 0.4) is 0 Å². The summed E-state index contributed by atoms with van der Waals surface area (Å²) >= 11 is 0. The average molecular weight is 307 g/mol. The summed E-state index contributed by atoms with van der Waals surface area (Å²) in [6.07, 6.45) is 4.52. The Bertz CT molecular complexity index is 875. The zero-order valence-corrected chi connectivity index (χ0v) is 12.0. The van der Waals surface area contributed by atoms with Crippen molar-refractivity contribution in [3.05, 3.63) is 77.0 Å². The van der Waals surface area contributed by atoms with Gasteiger partial charge in [-0.1, -0.05) is 12.1 Å². The van der Waals surface area contributed by atoms with Crippen LogP contribution in [0.25, 0.3) is 17.3 Å². The summed E-state index contributed by atoms with van der Waals surface area (Å²) < 4.78 is 5.12. The van der Waals surface area contributed by atoms with Crippen LogP contribution in [0.2, 0.25) is 0 Å². The van der Waals surface area contributed by atoms with Gasteiger partial charge in [-0.2, -0.15) is 5.10 Å². The topological polar surface area (TPSA) is 88.0 Å². The van der Waals surface area contributed by atoms with Crippen molar-refractivity contribution in [2.24, 2.45) is 0 Å². The molecule has 3 rings (SSSR count). The van der Waals surface area contributed by atoms with E-state index in [0.29, 0.717) is 17.1 Å². The fourth-order valence-electron chi connectivity index (χ4n) is 1.99. The maximum Gasteiger partial charge on any atom is 0.264 e. The molecule has 1 amide bonds. The van der Waals surface area contributed by atoms with Gasteiger partial charge < -0.3 is 9.73 Å². The molecule has 6 nitrogen and oxygen atoms in total. The van der Waals surface area contributed by atoms with Gasteiger partial charge in [0, 0.05) is 23.4 Å². The van der Waals surface area contributed by atoms with Gasteiger partial charge in [-0.3, -0.25) is 9.59 Å². The third-order valence-electron chi connectivity index (χ3n) is 3.05. The highest BCUT2D eigenvalue weighted by molar-refractivity contribution is 6.02. The molecule has 0 unspecified atom stereocenters. The Kier molecular flexibility index (Phi) is 4.15. The molecule has 114 valence electrons. The molecule has 0 saturated heterocycles. The number of aromatic amines is 1. The summed E-state index contributed by atoms with van der Waals surface area (Å²) in [5.41, 5.74) is 1.77. The largest absolute Gasteiger partial charge is 0.465 e. The number of aromatic nitrogens is 2. The number of benzene rings is 1. The molecule has 2 N–H and O–H groups in total. The van der Waals surface area contributed by atoms with Crippen LogP contribution >= 0.6 is 0 Å². The maximum atomic E-state index is 11.9. The fraction of sp³-hybridized carbons (Fsp3) is 0. The van der Waals surface area contributed by atoms with Crippen LogP contribution in [0.15, 0.2) is 70.1 Å². The van der Waals surface area contributed by atoms with Crippen molar-refractivity contribution in [3.8, 4) is 11.3 Å². The van der Waals surface area contributed by atoms with Crippen LogP contribution in [0, 0.1) is 0 Å². The third-order valence-corrected chi connectivity index (χ3v) is 3.05. The molecule has 3 aromatic rings. The molecule has 2 heterocycles. The molecule has 0 aliphatic carbocycles. The van der Waals surface area contributed by atoms with Crippen molar-refractivity contribution in [3.63, 3.8) is 0 Å². The molecule has 0 radical (unpaired) electrons. The molecular weight excluding hydrogens is 294 g/mol. The van der Waals surface area contributed by atoms with Crippen LogP contribution in [0.1, 0.15) is 5.76 Å². The zero-order chi connectivity index (χ0) is 16.1. The molecule has 2 aromatic heterocycles. The van der Waals surface area contributed by atoms with E-state index in [0.717, 1.165) is 5.56 Å². The molecule has 23 heavy (non-hydrogen) atoms. The Balaban J connectivity index is 1.73. The van der Waals surface area contributed by atoms with Crippen LogP contribution < -0.4 is 10.9 Å². The van der Waals surface area contributed by atoms with E-state index < -0.39 is 0 Å². The van der Waals surface area contributed by atoms with Gasteiger partial charge in [0.05, 0.1) is 12.0 Å². The van der Waals surface area contributed by atoms with Crippen molar-refractivity contribution in [2.45, 2.75) is 0 Å². The SMILES string of the molecule is O=C(C=Cc1ccco1)Nc1cccc(-c2ccc(=O)[nH]n2)c1. The van der Waals surface area contributed by atoms with Crippen molar-refractivity contribution >= 4 is 17.7 Å². The highest BCUT2D eigenvalue weighted by Gasteiger charge is 2.03. The number of nitrogens with zero attached hydrogens (tertiary/aromatic N) is 1. The first kappa shape index (κ1) is 14.5. The normalized spacial score (nSPS) is 10.8. The second kappa shape index (κ2) is 6.57. The smallest absolute Gasteiger partial charge is 0.264 e. The van der Waals surface area contributed by atoms with E-state index in [1.54, 1.807) is 42.5 Å². The summed E-state index contributed by atoms with van der Waals surface area (Å²) in [6, 6.07) is 13.7. The number of carbonyl (C=O) groups is 1. The predicted octanol–water partition coefficient (Wildman–Crippen LogP) is 2.68. The van der Waals surface area contributed by atoms with Crippen molar-refractivity contribution < 1.29 is 9.21 Å². The summed E-state index contributed by atoms with van der Waals surface area (Å²) in [6.45, 7) is 0. The first-order chi connectivity index (χ1) is 11.2. The lowest BCUT2D eigenvalue weighted by Gasteiger charge is -2.05. The van der Waals surface area contributed by atoms with Gasteiger partial charge in [0.1, 0.15) is 5.76 Å². The second-order valence-corrected chi connectivity index (χ2v) is 4.73. The van der Waals surface area contributed by atoms with Gasteiger partial charge in [-0.05, 0) is 36.4 Å². The van der Waals surface area contributed by atoms with Crippen LogP contribution in [-0.2, 0) is 4.79 Å². The lowest BCUT2D eigenvalue weighted by atomic mass is 10.1. The zero-order valence-electron chi connectivity index (χ0n) is 12.0. The lowest BCUT2D eigenvalue weighted by molar-refractivity contribution is -0.111. The van der Waals surface area contributed by atoms with Crippen molar-refractivity contribution in [1.29, 1.82) is 0 Å². The molecule has 0 atom stereocenters. The molecule has 0 fully saturated rings. The molecule has 0 spiro atoms. The molecular formula is C17H13N3O3. The van der Waals surface area contributed by atoms with Crippen LogP contribution in [-0.4, -0.2) is 16.1 Å². The van der Waals surface area contributed by atoms with E-state index in [2.05, 4.69) is 15.5 Å². The van der Waals surface area contributed by atoms with Crippen LogP contribution in [0.4, 0.5) is 5.69 Å². The van der Waals surface area contributed by atoms with E-state index in [4.69, 9.17) is 4.42 Å². The summed E-state index contributed by atoms with van der Waals surface area (Å²) in [5, 5.41) is 9.10. The minimum atomic E-state index is -0.270. The fourth-order valence-corrected chi connectivity index (χ4v) is 1.99. The minimum absolute atomic E-state index is 0.263. The number of carbonyl (C=O) groups excluding carboxylic acids is 1. The Morgan fingerprint density at radius 1 is 1.17 bits per heavy atom. The molecule has 1 aromatic carbocycles. The van der Waals surface area contributed by atoms with Gasteiger partial charge in [-0.15, -0.1) is 0 Å². The molecule has 6 heteroatoms. The number of furan rings is 1. The number of hydrogen-bond acceptors (Lipinski definition) is 4. The number of H-pyrrole nitrogens is 1. The highest BCUT2D eigenvalue weighted by atomic mass is 16.3. The monoisotopic (exact) mass is 307 g/mol. The first-order valence-corrected chi connectivity index (χ1v) is 6.89. The quantitative estimate of drug-likeness (QED) is 0.725. The Hall–Kier alpha value is -3.41. The number of rotatable bonds is 4. The van der Waals surface area contributed by atoms with Crippen molar-refractivity contribution in [2.75, 3.05) is 5.32 Å².